The Labute approximate surface area is 112 Å². The van der Waals surface area contributed by atoms with Crippen LogP contribution < -0.4 is 10.1 Å². The minimum absolute atomic E-state index is 0.0681. The van der Waals surface area contributed by atoms with Gasteiger partial charge >= 0.3 is 0 Å². The average Bonchev–Trinajstić information content (AvgIpc) is 2.45. The van der Waals surface area contributed by atoms with E-state index in [1.807, 2.05) is 49.4 Å². The SMILES string of the molecule is Cc1ncccc1NCc1cccc(OCC#N)c1. The molecule has 19 heavy (non-hydrogen) atoms. The first kappa shape index (κ1) is 12.9. The number of aryl methyl sites for hydroxylation is 1. The minimum atomic E-state index is 0.0681. The summed E-state index contributed by atoms with van der Waals surface area (Å²) in [6.07, 6.45) is 1.77. The molecule has 96 valence electrons. The molecular formula is C15H15N3O. The lowest BCUT2D eigenvalue weighted by Gasteiger charge is -2.09. The van der Waals surface area contributed by atoms with E-state index in [9.17, 15) is 0 Å². The Morgan fingerprint density at radius 1 is 1.32 bits per heavy atom. The molecule has 0 fully saturated rings. The van der Waals surface area contributed by atoms with Crippen molar-refractivity contribution in [3.8, 4) is 11.8 Å². The molecule has 2 rings (SSSR count). The maximum absolute atomic E-state index is 8.49. The van der Waals surface area contributed by atoms with Crippen LogP contribution in [0.25, 0.3) is 0 Å². The molecule has 1 N–H and O–H groups in total. The average molecular weight is 253 g/mol. The highest BCUT2D eigenvalue weighted by Crippen LogP contribution is 2.16. The van der Waals surface area contributed by atoms with Gasteiger partial charge in [0.15, 0.2) is 6.61 Å². The molecule has 0 bridgehead atoms. The molecule has 0 aliphatic heterocycles. The van der Waals surface area contributed by atoms with Crippen molar-refractivity contribution in [3.63, 3.8) is 0 Å². The lowest BCUT2D eigenvalue weighted by molar-refractivity contribution is 0.368. The van der Waals surface area contributed by atoms with Crippen molar-refractivity contribution < 1.29 is 4.74 Å². The number of pyridine rings is 1. The van der Waals surface area contributed by atoms with Crippen molar-refractivity contribution >= 4 is 5.69 Å². The van der Waals surface area contributed by atoms with E-state index in [0.717, 1.165) is 16.9 Å². The highest BCUT2D eigenvalue weighted by atomic mass is 16.5. The summed E-state index contributed by atoms with van der Waals surface area (Å²) in [6, 6.07) is 13.6. The first-order chi connectivity index (χ1) is 9.29. The number of nitrogens with zero attached hydrogens (tertiary/aromatic N) is 2. The van der Waals surface area contributed by atoms with Crippen molar-refractivity contribution in [1.82, 2.24) is 4.98 Å². The summed E-state index contributed by atoms with van der Waals surface area (Å²) in [6.45, 7) is 2.73. The molecule has 4 heteroatoms. The first-order valence-corrected chi connectivity index (χ1v) is 6.04. The molecule has 0 saturated carbocycles. The molecule has 0 unspecified atom stereocenters. The Hall–Kier alpha value is -2.54. The van der Waals surface area contributed by atoms with Gasteiger partial charge in [0.25, 0.3) is 0 Å². The standard InChI is InChI=1S/C15H15N3O/c1-12-15(6-3-8-17-12)18-11-13-4-2-5-14(10-13)19-9-7-16/h2-6,8,10,18H,9,11H2,1H3. The van der Waals surface area contributed by atoms with Crippen molar-refractivity contribution in [3.05, 3.63) is 53.9 Å². The number of aromatic nitrogens is 1. The molecule has 0 radical (unpaired) electrons. The Morgan fingerprint density at radius 3 is 3.00 bits per heavy atom. The Bertz CT molecular complexity index is 590. The molecule has 0 spiro atoms. The van der Waals surface area contributed by atoms with Gasteiger partial charge in [-0.1, -0.05) is 12.1 Å². The van der Waals surface area contributed by atoms with E-state index in [-0.39, 0.29) is 6.61 Å². The third-order valence-electron chi connectivity index (χ3n) is 2.69. The van der Waals surface area contributed by atoms with Crippen molar-refractivity contribution in [1.29, 1.82) is 5.26 Å². The zero-order chi connectivity index (χ0) is 13.5. The van der Waals surface area contributed by atoms with Gasteiger partial charge in [-0.05, 0) is 36.8 Å². The second-order valence-corrected chi connectivity index (χ2v) is 4.08. The van der Waals surface area contributed by atoms with Crippen LogP contribution in [0.15, 0.2) is 42.6 Å². The van der Waals surface area contributed by atoms with Crippen LogP contribution in [-0.4, -0.2) is 11.6 Å². The van der Waals surface area contributed by atoms with E-state index in [1.54, 1.807) is 6.20 Å². The van der Waals surface area contributed by atoms with Crippen LogP contribution in [0.1, 0.15) is 11.3 Å². The van der Waals surface area contributed by atoms with Crippen LogP contribution in [0, 0.1) is 18.3 Å². The lowest BCUT2D eigenvalue weighted by atomic mass is 10.2. The van der Waals surface area contributed by atoms with Gasteiger partial charge in [0.2, 0.25) is 0 Å². The van der Waals surface area contributed by atoms with Gasteiger partial charge in [0, 0.05) is 12.7 Å². The molecule has 1 heterocycles. The predicted molar refractivity (Wildman–Crippen MR) is 73.9 cm³/mol. The van der Waals surface area contributed by atoms with E-state index in [1.165, 1.54) is 0 Å². The second kappa shape index (κ2) is 6.41. The fourth-order valence-electron chi connectivity index (χ4n) is 1.73. The van der Waals surface area contributed by atoms with Crippen LogP contribution in [0.5, 0.6) is 5.75 Å². The first-order valence-electron chi connectivity index (χ1n) is 6.04. The highest BCUT2D eigenvalue weighted by molar-refractivity contribution is 5.47. The zero-order valence-corrected chi connectivity index (χ0v) is 10.8. The molecule has 1 aromatic carbocycles. The molecule has 0 amide bonds. The van der Waals surface area contributed by atoms with Crippen LogP contribution in [0.3, 0.4) is 0 Å². The molecule has 0 aliphatic carbocycles. The molecule has 1 aromatic heterocycles. The van der Waals surface area contributed by atoms with E-state index in [4.69, 9.17) is 10.00 Å². The van der Waals surface area contributed by atoms with Crippen molar-refractivity contribution in [2.75, 3.05) is 11.9 Å². The molecule has 4 nitrogen and oxygen atoms in total. The number of nitriles is 1. The fraction of sp³-hybridized carbons (Fsp3) is 0.200. The number of nitrogens with one attached hydrogen (secondary N) is 1. The van der Waals surface area contributed by atoms with Crippen LogP contribution in [0.2, 0.25) is 0 Å². The number of hydrogen-bond donors (Lipinski definition) is 1. The Balaban J connectivity index is 2.00. The number of rotatable bonds is 5. The largest absolute Gasteiger partial charge is 0.479 e. The van der Waals surface area contributed by atoms with Crippen molar-refractivity contribution in [2.24, 2.45) is 0 Å². The van der Waals surface area contributed by atoms with E-state index in [0.29, 0.717) is 12.3 Å². The molecule has 2 aromatic rings. The van der Waals surface area contributed by atoms with Gasteiger partial charge in [0.1, 0.15) is 11.8 Å². The topological polar surface area (TPSA) is 57.9 Å². The van der Waals surface area contributed by atoms with Gasteiger partial charge in [-0.25, -0.2) is 0 Å². The second-order valence-electron chi connectivity index (χ2n) is 4.08. The third kappa shape index (κ3) is 3.71. The molecule has 0 aliphatic rings. The number of benzene rings is 1. The normalized spacial score (nSPS) is 9.68. The van der Waals surface area contributed by atoms with Crippen molar-refractivity contribution in [2.45, 2.75) is 13.5 Å². The monoisotopic (exact) mass is 253 g/mol. The predicted octanol–water partition coefficient (Wildman–Crippen LogP) is 2.90. The van der Waals surface area contributed by atoms with Gasteiger partial charge in [-0.15, -0.1) is 0 Å². The summed E-state index contributed by atoms with van der Waals surface area (Å²) < 4.78 is 5.27. The zero-order valence-electron chi connectivity index (χ0n) is 10.8. The number of hydrogen-bond acceptors (Lipinski definition) is 4. The number of anilines is 1. The molecule has 0 atom stereocenters. The summed E-state index contributed by atoms with van der Waals surface area (Å²) >= 11 is 0. The fourth-order valence-corrected chi connectivity index (χ4v) is 1.73. The Morgan fingerprint density at radius 2 is 2.21 bits per heavy atom. The van der Waals surface area contributed by atoms with Crippen LogP contribution in [0.4, 0.5) is 5.69 Å². The van der Waals surface area contributed by atoms with E-state index < -0.39 is 0 Å². The van der Waals surface area contributed by atoms with Gasteiger partial charge in [0.05, 0.1) is 11.4 Å². The molecular weight excluding hydrogens is 238 g/mol. The van der Waals surface area contributed by atoms with Gasteiger partial charge in [-0.2, -0.15) is 5.26 Å². The smallest absolute Gasteiger partial charge is 0.174 e. The summed E-state index contributed by atoms with van der Waals surface area (Å²) in [5, 5.41) is 11.8. The van der Waals surface area contributed by atoms with Crippen LogP contribution in [-0.2, 0) is 6.54 Å². The lowest BCUT2D eigenvalue weighted by Crippen LogP contribution is -2.02. The summed E-state index contributed by atoms with van der Waals surface area (Å²) in [4.78, 5) is 4.23. The van der Waals surface area contributed by atoms with Gasteiger partial charge < -0.3 is 10.1 Å². The van der Waals surface area contributed by atoms with Crippen LogP contribution >= 0.6 is 0 Å². The summed E-state index contributed by atoms with van der Waals surface area (Å²) in [5.41, 5.74) is 3.09. The third-order valence-corrected chi connectivity index (χ3v) is 2.69. The maximum Gasteiger partial charge on any atom is 0.174 e. The molecule has 0 saturated heterocycles. The number of ether oxygens (including phenoxy) is 1. The minimum Gasteiger partial charge on any atom is -0.479 e. The highest BCUT2D eigenvalue weighted by Gasteiger charge is 2.00. The summed E-state index contributed by atoms with van der Waals surface area (Å²) in [7, 11) is 0. The van der Waals surface area contributed by atoms with Gasteiger partial charge in [-0.3, -0.25) is 4.98 Å². The summed E-state index contributed by atoms with van der Waals surface area (Å²) in [5.74, 6) is 0.712. The maximum atomic E-state index is 8.49. The quantitative estimate of drug-likeness (QED) is 0.890. The van der Waals surface area contributed by atoms with E-state index >= 15 is 0 Å². The Kier molecular flexibility index (Phi) is 4.35. The van der Waals surface area contributed by atoms with E-state index in [2.05, 4.69) is 10.3 Å².